The molecule has 2 atom stereocenters. The largest absolute Gasteiger partial charge is 0.489 e. The molecule has 1 aromatic carbocycles. The Balaban J connectivity index is 0.965. The van der Waals surface area contributed by atoms with Gasteiger partial charge in [-0.2, -0.15) is 5.26 Å². The Labute approximate surface area is 272 Å². The summed E-state index contributed by atoms with van der Waals surface area (Å²) in [5.41, 5.74) is 2.05. The van der Waals surface area contributed by atoms with Crippen molar-refractivity contribution in [2.75, 3.05) is 32.7 Å². The third kappa shape index (κ3) is 5.52. The molecule has 2 unspecified atom stereocenters. The van der Waals surface area contributed by atoms with Gasteiger partial charge in [0.1, 0.15) is 23.6 Å². The predicted octanol–water partition coefficient (Wildman–Crippen LogP) is 5.75. The fourth-order valence-electron chi connectivity index (χ4n) is 9.63. The van der Waals surface area contributed by atoms with E-state index in [-0.39, 0.29) is 28.9 Å². The number of hydrogen-bond donors (Lipinski definition) is 1. The van der Waals surface area contributed by atoms with Crippen LogP contribution in [0.1, 0.15) is 80.7 Å². The Bertz CT molecular complexity index is 1570. The van der Waals surface area contributed by atoms with Crippen LogP contribution in [-0.2, 0) is 6.54 Å². The molecule has 4 fully saturated rings. The zero-order valence-electron chi connectivity index (χ0n) is 26.9. The lowest BCUT2D eigenvalue weighted by molar-refractivity contribution is -0.199. The van der Waals surface area contributed by atoms with Crippen LogP contribution in [-0.4, -0.2) is 65.6 Å². The van der Waals surface area contributed by atoms with Crippen molar-refractivity contribution in [2.45, 2.75) is 72.1 Å². The first-order chi connectivity index (χ1) is 21.5. The number of nitriles is 1. The van der Waals surface area contributed by atoms with Gasteiger partial charge >= 0.3 is 0 Å². The summed E-state index contributed by atoms with van der Waals surface area (Å²) >= 11 is 6.27. The van der Waals surface area contributed by atoms with E-state index in [0.29, 0.717) is 34.4 Å². The van der Waals surface area contributed by atoms with Gasteiger partial charge in [0.15, 0.2) is 0 Å². The fourth-order valence-corrected chi connectivity index (χ4v) is 9.84. The Morgan fingerprint density at radius 1 is 1.04 bits per heavy atom. The molecule has 2 aliphatic carbocycles. The number of aromatic nitrogens is 1. The van der Waals surface area contributed by atoms with Crippen LogP contribution in [0, 0.1) is 57.7 Å². The standard InChI is InChI=1S/C37H44ClN5O2/c1-36(2)34(37(3,4)35(36)45-29-13-10-25(16-39)31(38)15-29)43-22-32-30(33(43)44)14-12-28(41-32)11-9-23-5-7-24(8-6-23)19-42-20-26-17-40-18-27(26)21-42/h10,12-15,23-24,26-27,34-35,40H,5-8,17-22H2,1-4H3. The van der Waals surface area contributed by atoms with Gasteiger partial charge in [0.25, 0.3) is 5.91 Å². The maximum atomic E-state index is 13.7. The van der Waals surface area contributed by atoms with Crippen molar-refractivity contribution in [1.29, 1.82) is 5.26 Å². The number of rotatable bonds is 5. The zero-order valence-corrected chi connectivity index (χ0v) is 27.7. The number of carbonyl (C=O) groups is 1. The number of benzene rings is 1. The number of hydrogen-bond acceptors (Lipinski definition) is 6. The van der Waals surface area contributed by atoms with Crippen molar-refractivity contribution in [1.82, 2.24) is 20.1 Å². The second kappa shape index (κ2) is 11.6. The smallest absolute Gasteiger partial charge is 0.256 e. The second-order valence-electron chi connectivity index (χ2n) is 15.3. The summed E-state index contributed by atoms with van der Waals surface area (Å²) < 4.78 is 6.46. The Morgan fingerprint density at radius 2 is 1.76 bits per heavy atom. The minimum atomic E-state index is -0.312. The maximum absolute atomic E-state index is 13.7. The molecule has 2 saturated carbocycles. The molecule has 1 aromatic heterocycles. The highest BCUT2D eigenvalue weighted by Crippen LogP contribution is 2.59. The highest BCUT2D eigenvalue weighted by molar-refractivity contribution is 6.31. The van der Waals surface area contributed by atoms with E-state index in [1.54, 1.807) is 18.2 Å². The van der Waals surface area contributed by atoms with Gasteiger partial charge in [-0.1, -0.05) is 45.2 Å². The first-order valence-corrected chi connectivity index (χ1v) is 17.0. The molecule has 2 saturated heterocycles. The molecule has 2 aromatic rings. The van der Waals surface area contributed by atoms with E-state index in [9.17, 15) is 10.1 Å². The normalized spacial score (nSPS) is 31.4. The first kappa shape index (κ1) is 30.5. The van der Waals surface area contributed by atoms with Crippen molar-refractivity contribution in [3.8, 4) is 23.7 Å². The van der Waals surface area contributed by atoms with Gasteiger partial charge in [-0.15, -0.1) is 0 Å². The number of halogens is 1. The Kier molecular flexibility index (Phi) is 7.88. The summed E-state index contributed by atoms with van der Waals surface area (Å²) in [7, 11) is 0. The lowest BCUT2D eigenvalue weighted by atomic mass is 9.49. The number of nitrogens with one attached hydrogen (secondary N) is 1. The van der Waals surface area contributed by atoms with Crippen molar-refractivity contribution in [2.24, 2.45) is 34.5 Å². The molecule has 45 heavy (non-hydrogen) atoms. The van der Waals surface area contributed by atoms with Crippen LogP contribution >= 0.6 is 11.6 Å². The van der Waals surface area contributed by atoms with E-state index in [1.807, 2.05) is 17.0 Å². The molecule has 0 spiro atoms. The molecule has 1 amide bonds. The lowest BCUT2D eigenvalue weighted by Gasteiger charge is -2.65. The summed E-state index contributed by atoms with van der Waals surface area (Å²) in [6, 6.07) is 11.1. The number of nitrogens with zero attached hydrogens (tertiary/aromatic N) is 4. The van der Waals surface area contributed by atoms with Gasteiger partial charge in [-0.05, 0) is 86.7 Å². The summed E-state index contributed by atoms with van der Waals surface area (Å²) in [5, 5.41) is 13.1. The van der Waals surface area contributed by atoms with Gasteiger partial charge in [-0.25, -0.2) is 4.98 Å². The van der Waals surface area contributed by atoms with E-state index in [0.717, 1.165) is 29.1 Å². The van der Waals surface area contributed by atoms with Crippen molar-refractivity contribution < 1.29 is 9.53 Å². The van der Waals surface area contributed by atoms with Crippen LogP contribution < -0.4 is 10.1 Å². The van der Waals surface area contributed by atoms with Gasteiger partial charge in [0.2, 0.25) is 0 Å². The number of ether oxygens (including phenoxy) is 1. The number of carbonyl (C=O) groups excluding carboxylic acids is 1. The topological polar surface area (TPSA) is 81.5 Å². The molecule has 8 heteroatoms. The SMILES string of the molecule is CC1(C)C(Oc2ccc(C#N)c(Cl)c2)C(C)(C)C1N1Cc2nc(C#CC3CCC(CN4CC5CNCC5C4)CC3)ccc2C1=O. The molecule has 3 aliphatic heterocycles. The minimum absolute atomic E-state index is 0.0271. The Morgan fingerprint density at radius 3 is 2.42 bits per heavy atom. The average molecular weight is 626 g/mol. The first-order valence-electron chi connectivity index (χ1n) is 16.7. The fraction of sp³-hybridized carbons (Fsp3) is 0.595. The van der Waals surface area contributed by atoms with E-state index < -0.39 is 0 Å². The number of likely N-dealkylation sites (tertiary alicyclic amines) is 1. The van der Waals surface area contributed by atoms with Crippen LogP contribution in [0.15, 0.2) is 30.3 Å². The molecule has 4 heterocycles. The molecule has 5 aliphatic rings. The van der Waals surface area contributed by atoms with Crippen molar-refractivity contribution in [3.63, 3.8) is 0 Å². The van der Waals surface area contributed by atoms with Crippen molar-refractivity contribution in [3.05, 3.63) is 57.9 Å². The second-order valence-corrected chi connectivity index (χ2v) is 15.7. The third-order valence-electron chi connectivity index (χ3n) is 11.4. The summed E-state index contributed by atoms with van der Waals surface area (Å²) in [6.45, 7) is 15.3. The molecule has 7 rings (SSSR count). The number of pyridine rings is 1. The van der Waals surface area contributed by atoms with Crippen LogP contribution in [0.4, 0.5) is 0 Å². The van der Waals surface area contributed by atoms with Crippen LogP contribution in [0.3, 0.4) is 0 Å². The van der Waals surface area contributed by atoms with Crippen LogP contribution in [0.5, 0.6) is 5.75 Å². The highest BCUT2D eigenvalue weighted by atomic mass is 35.5. The van der Waals surface area contributed by atoms with E-state index >= 15 is 0 Å². The summed E-state index contributed by atoms with van der Waals surface area (Å²) in [6.07, 6.45) is 4.72. The average Bonchev–Trinajstić information content (AvgIpc) is 3.69. The predicted molar refractivity (Wildman–Crippen MR) is 175 cm³/mol. The molecule has 0 radical (unpaired) electrons. The molecule has 1 N–H and O–H groups in total. The minimum Gasteiger partial charge on any atom is -0.489 e. The lowest BCUT2D eigenvalue weighted by Crippen LogP contribution is -2.74. The highest BCUT2D eigenvalue weighted by Gasteiger charge is 2.67. The quantitative estimate of drug-likeness (QED) is 0.426. The third-order valence-corrected chi connectivity index (χ3v) is 11.7. The molecule has 0 bridgehead atoms. The molecular weight excluding hydrogens is 582 g/mol. The molecule has 236 valence electrons. The zero-order chi connectivity index (χ0) is 31.5. The summed E-state index contributed by atoms with van der Waals surface area (Å²) in [4.78, 5) is 23.2. The van der Waals surface area contributed by atoms with Gasteiger partial charge in [-0.3, -0.25) is 4.79 Å². The van der Waals surface area contributed by atoms with Gasteiger partial charge < -0.3 is 19.9 Å². The Hall–Kier alpha value is -3.10. The number of amides is 1. The van der Waals surface area contributed by atoms with E-state index in [2.05, 4.69) is 55.8 Å². The van der Waals surface area contributed by atoms with Crippen LogP contribution in [0.25, 0.3) is 0 Å². The van der Waals surface area contributed by atoms with Crippen molar-refractivity contribution >= 4 is 17.5 Å². The molecule has 7 nitrogen and oxygen atoms in total. The number of fused-ring (bicyclic) bond motifs is 2. The maximum Gasteiger partial charge on any atom is 0.256 e. The van der Waals surface area contributed by atoms with Gasteiger partial charge in [0, 0.05) is 48.5 Å². The van der Waals surface area contributed by atoms with E-state index in [4.69, 9.17) is 21.3 Å². The van der Waals surface area contributed by atoms with Gasteiger partial charge in [0.05, 0.1) is 28.4 Å². The van der Waals surface area contributed by atoms with E-state index in [1.165, 1.54) is 58.4 Å². The van der Waals surface area contributed by atoms with Crippen LogP contribution in [0.2, 0.25) is 5.02 Å². The molecular formula is C37H44ClN5O2. The summed E-state index contributed by atoms with van der Waals surface area (Å²) in [5.74, 6) is 10.5. The monoisotopic (exact) mass is 625 g/mol.